The highest BCUT2D eigenvalue weighted by molar-refractivity contribution is 4.90. The maximum atomic E-state index is 5.95. The van der Waals surface area contributed by atoms with Gasteiger partial charge in [0.15, 0.2) is 0 Å². The molecule has 0 aromatic rings. The molecule has 0 radical (unpaired) electrons. The molecule has 1 spiro atoms. The molecular formula is C12H23N. The first-order chi connectivity index (χ1) is 6.22. The van der Waals surface area contributed by atoms with E-state index in [0.29, 0.717) is 6.04 Å². The summed E-state index contributed by atoms with van der Waals surface area (Å²) in [7, 11) is 0. The molecule has 13 heavy (non-hydrogen) atoms. The van der Waals surface area contributed by atoms with Crippen LogP contribution in [0.5, 0.6) is 0 Å². The summed E-state index contributed by atoms with van der Waals surface area (Å²) in [4.78, 5) is 0. The second kappa shape index (κ2) is 3.61. The lowest BCUT2D eigenvalue weighted by Crippen LogP contribution is -2.33. The zero-order chi connectivity index (χ0) is 9.31. The molecule has 0 amide bonds. The Bertz CT molecular complexity index is 158. The smallest absolute Gasteiger partial charge is 0.00387 e. The van der Waals surface area contributed by atoms with Gasteiger partial charge in [-0.25, -0.2) is 0 Å². The van der Waals surface area contributed by atoms with Crippen molar-refractivity contribution in [1.29, 1.82) is 0 Å². The van der Waals surface area contributed by atoms with Gasteiger partial charge < -0.3 is 5.73 Å². The standard InChI is InChI=1S/C12H23N/c1-10(13)11-4-8-12(9-5-11)6-2-3-7-12/h10-11H,2-9,13H2,1H3. The Labute approximate surface area is 82.1 Å². The van der Waals surface area contributed by atoms with Crippen molar-refractivity contribution >= 4 is 0 Å². The third-order valence-electron chi connectivity index (χ3n) is 4.50. The third kappa shape index (κ3) is 1.90. The molecule has 2 aliphatic carbocycles. The number of hydrogen-bond acceptors (Lipinski definition) is 1. The Balaban J connectivity index is 1.88. The van der Waals surface area contributed by atoms with E-state index >= 15 is 0 Å². The maximum Gasteiger partial charge on any atom is 0.00387 e. The predicted molar refractivity (Wildman–Crippen MR) is 56.5 cm³/mol. The summed E-state index contributed by atoms with van der Waals surface area (Å²) in [6.45, 7) is 2.18. The van der Waals surface area contributed by atoms with E-state index in [1.165, 1.54) is 51.4 Å². The van der Waals surface area contributed by atoms with Gasteiger partial charge in [0.05, 0.1) is 0 Å². The van der Waals surface area contributed by atoms with E-state index in [-0.39, 0.29) is 0 Å². The fourth-order valence-electron chi connectivity index (χ4n) is 3.40. The highest BCUT2D eigenvalue weighted by Crippen LogP contribution is 2.50. The van der Waals surface area contributed by atoms with E-state index in [2.05, 4.69) is 6.92 Å². The lowest BCUT2D eigenvalue weighted by Gasteiger charge is -2.38. The maximum absolute atomic E-state index is 5.95. The molecule has 1 unspecified atom stereocenters. The number of hydrogen-bond donors (Lipinski definition) is 1. The highest BCUT2D eigenvalue weighted by atomic mass is 14.6. The molecule has 2 rings (SSSR count). The highest BCUT2D eigenvalue weighted by Gasteiger charge is 2.37. The molecule has 1 heteroatoms. The molecule has 0 aliphatic heterocycles. The minimum Gasteiger partial charge on any atom is -0.328 e. The molecule has 0 aromatic carbocycles. The molecule has 76 valence electrons. The first kappa shape index (κ1) is 9.51. The quantitative estimate of drug-likeness (QED) is 0.661. The predicted octanol–water partition coefficient (Wildman–Crippen LogP) is 3.08. The largest absolute Gasteiger partial charge is 0.328 e. The monoisotopic (exact) mass is 181 g/mol. The second-order valence-electron chi connectivity index (χ2n) is 5.40. The molecular weight excluding hydrogens is 158 g/mol. The van der Waals surface area contributed by atoms with Gasteiger partial charge in [-0.15, -0.1) is 0 Å². The van der Waals surface area contributed by atoms with Crippen molar-refractivity contribution in [2.75, 3.05) is 0 Å². The molecule has 2 N–H and O–H groups in total. The van der Waals surface area contributed by atoms with Crippen LogP contribution in [0.4, 0.5) is 0 Å². The number of nitrogens with two attached hydrogens (primary N) is 1. The van der Waals surface area contributed by atoms with Crippen molar-refractivity contribution in [3.8, 4) is 0 Å². The van der Waals surface area contributed by atoms with Gasteiger partial charge in [0, 0.05) is 6.04 Å². The zero-order valence-corrected chi connectivity index (χ0v) is 8.89. The Hall–Kier alpha value is -0.0400. The first-order valence-corrected chi connectivity index (χ1v) is 5.97. The van der Waals surface area contributed by atoms with E-state index < -0.39 is 0 Å². The van der Waals surface area contributed by atoms with Crippen molar-refractivity contribution < 1.29 is 0 Å². The van der Waals surface area contributed by atoms with E-state index in [4.69, 9.17) is 5.73 Å². The van der Waals surface area contributed by atoms with Gasteiger partial charge in [-0.05, 0) is 56.8 Å². The Morgan fingerprint density at radius 1 is 1.08 bits per heavy atom. The summed E-state index contributed by atoms with van der Waals surface area (Å²) in [5, 5.41) is 0. The van der Waals surface area contributed by atoms with Crippen LogP contribution in [0.1, 0.15) is 58.3 Å². The fourth-order valence-corrected chi connectivity index (χ4v) is 3.40. The summed E-state index contributed by atoms with van der Waals surface area (Å²) in [5.41, 5.74) is 6.74. The fraction of sp³-hybridized carbons (Fsp3) is 1.00. The van der Waals surface area contributed by atoms with Gasteiger partial charge in [-0.1, -0.05) is 12.8 Å². The van der Waals surface area contributed by atoms with Crippen LogP contribution >= 0.6 is 0 Å². The summed E-state index contributed by atoms with van der Waals surface area (Å²) in [6, 6.07) is 0.429. The minimum atomic E-state index is 0.429. The molecule has 0 heterocycles. The molecule has 2 saturated carbocycles. The SMILES string of the molecule is CC(N)C1CCC2(CCCC2)CC1. The summed E-state index contributed by atoms with van der Waals surface area (Å²) < 4.78 is 0. The van der Waals surface area contributed by atoms with Gasteiger partial charge in [0.1, 0.15) is 0 Å². The van der Waals surface area contributed by atoms with E-state index in [0.717, 1.165) is 11.3 Å². The van der Waals surface area contributed by atoms with Crippen LogP contribution in [0.25, 0.3) is 0 Å². The van der Waals surface area contributed by atoms with Gasteiger partial charge in [0.25, 0.3) is 0 Å². The van der Waals surface area contributed by atoms with Crippen LogP contribution < -0.4 is 5.73 Å². The Kier molecular flexibility index (Phi) is 2.64. The van der Waals surface area contributed by atoms with Gasteiger partial charge >= 0.3 is 0 Å². The lowest BCUT2D eigenvalue weighted by atomic mass is 9.68. The van der Waals surface area contributed by atoms with Crippen molar-refractivity contribution in [3.05, 3.63) is 0 Å². The summed E-state index contributed by atoms with van der Waals surface area (Å²) >= 11 is 0. The van der Waals surface area contributed by atoms with Crippen LogP contribution in [-0.2, 0) is 0 Å². The zero-order valence-electron chi connectivity index (χ0n) is 8.89. The van der Waals surface area contributed by atoms with Crippen LogP contribution in [0.2, 0.25) is 0 Å². The van der Waals surface area contributed by atoms with Crippen LogP contribution in [-0.4, -0.2) is 6.04 Å². The normalized spacial score (nSPS) is 30.9. The average molecular weight is 181 g/mol. The van der Waals surface area contributed by atoms with Crippen molar-refractivity contribution in [1.82, 2.24) is 0 Å². The van der Waals surface area contributed by atoms with Crippen LogP contribution in [0.15, 0.2) is 0 Å². The molecule has 1 nitrogen and oxygen atoms in total. The van der Waals surface area contributed by atoms with Gasteiger partial charge in [-0.3, -0.25) is 0 Å². The number of rotatable bonds is 1. The van der Waals surface area contributed by atoms with Gasteiger partial charge in [-0.2, -0.15) is 0 Å². The average Bonchev–Trinajstić information content (AvgIpc) is 2.54. The van der Waals surface area contributed by atoms with Crippen molar-refractivity contribution in [2.45, 2.75) is 64.3 Å². The van der Waals surface area contributed by atoms with Crippen LogP contribution in [0, 0.1) is 11.3 Å². The van der Waals surface area contributed by atoms with Gasteiger partial charge in [0.2, 0.25) is 0 Å². The molecule has 1 atom stereocenters. The first-order valence-electron chi connectivity index (χ1n) is 5.97. The van der Waals surface area contributed by atoms with Crippen molar-refractivity contribution in [2.24, 2.45) is 17.1 Å². The third-order valence-corrected chi connectivity index (χ3v) is 4.50. The topological polar surface area (TPSA) is 26.0 Å². The van der Waals surface area contributed by atoms with E-state index in [1.807, 2.05) is 0 Å². The van der Waals surface area contributed by atoms with Crippen LogP contribution in [0.3, 0.4) is 0 Å². The second-order valence-corrected chi connectivity index (χ2v) is 5.40. The molecule has 0 bridgehead atoms. The molecule has 2 fully saturated rings. The molecule has 0 saturated heterocycles. The summed E-state index contributed by atoms with van der Waals surface area (Å²) in [6.07, 6.45) is 11.7. The Morgan fingerprint density at radius 3 is 2.08 bits per heavy atom. The van der Waals surface area contributed by atoms with E-state index in [1.54, 1.807) is 0 Å². The van der Waals surface area contributed by atoms with Crippen molar-refractivity contribution in [3.63, 3.8) is 0 Å². The lowest BCUT2D eigenvalue weighted by molar-refractivity contribution is 0.144. The minimum absolute atomic E-state index is 0.429. The molecule has 2 aliphatic rings. The summed E-state index contributed by atoms with van der Waals surface area (Å²) in [5.74, 6) is 0.825. The Morgan fingerprint density at radius 2 is 1.62 bits per heavy atom. The molecule has 0 aromatic heterocycles. The van der Waals surface area contributed by atoms with E-state index in [9.17, 15) is 0 Å².